The molecule has 0 bridgehead atoms. The van der Waals surface area contributed by atoms with Crippen LogP contribution in [-0.4, -0.2) is 0 Å². The molecule has 0 spiro atoms. The van der Waals surface area contributed by atoms with Crippen LogP contribution >= 0.6 is 0 Å². The van der Waals surface area contributed by atoms with E-state index in [2.05, 4.69) is 202 Å². The second kappa shape index (κ2) is 11.8. The predicted molar refractivity (Wildman–Crippen MR) is 230 cm³/mol. The molecule has 254 valence electrons. The Balaban J connectivity index is 1.07. The Morgan fingerprint density at radius 3 is 1.70 bits per heavy atom. The highest BCUT2D eigenvalue weighted by molar-refractivity contribution is 6.21. The van der Waals surface area contributed by atoms with Crippen molar-refractivity contribution in [2.24, 2.45) is 0 Å². The minimum absolute atomic E-state index is 0.0809. The molecule has 0 nitrogen and oxygen atoms in total. The molecule has 9 aromatic carbocycles. The van der Waals surface area contributed by atoms with Gasteiger partial charge in [0.15, 0.2) is 0 Å². The summed E-state index contributed by atoms with van der Waals surface area (Å²) in [6, 6.07) is 67.9. The fraction of sp³-hybridized carbons (Fsp3) is 0.0741. The molecule has 1 unspecified atom stereocenters. The lowest BCUT2D eigenvalue weighted by Crippen LogP contribution is -2.15. The Labute approximate surface area is 316 Å². The van der Waals surface area contributed by atoms with Crippen molar-refractivity contribution < 1.29 is 0 Å². The van der Waals surface area contributed by atoms with Crippen LogP contribution in [0.25, 0.3) is 77.3 Å². The number of allylic oxidation sites excluding steroid dienone is 1. The number of rotatable bonds is 4. The zero-order valence-electron chi connectivity index (χ0n) is 30.5. The van der Waals surface area contributed by atoms with Gasteiger partial charge >= 0.3 is 0 Å². The van der Waals surface area contributed by atoms with Gasteiger partial charge in [-0.25, -0.2) is 0 Å². The number of benzene rings is 9. The highest BCUT2D eigenvalue weighted by Gasteiger charge is 2.37. The van der Waals surface area contributed by atoms with Crippen LogP contribution in [0.1, 0.15) is 53.1 Å². The zero-order valence-corrected chi connectivity index (χ0v) is 30.5. The number of hydrogen-bond donors (Lipinski definition) is 0. The van der Waals surface area contributed by atoms with Crippen molar-refractivity contribution in [2.45, 2.75) is 25.2 Å². The van der Waals surface area contributed by atoms with Crippen molar-refractivity contribution in [1.82, 2.24) is 0 Å². The summed E-state index contributed by atoms with van der Waals surface area (Å²) in [5.74, 6) is 0.196. The third-order valence-electron chi connectivity index (χ3n) is 12.3. The fourth-order valence-corrected chi connectivity index (χ4v) is 9.93. The van der Waals surface area contributed by atoms with Crippen molar-refractivity contribution in [3.05, 3.63) is 215 Å². The molecule has 0 fully saturated rings. The molecular weight excluding hydrogens is 649 g/mol. The summed E-state index contributed by atoms with van der Waals surface area (Å²) in [6.45, 7) is 4.78. The Morgan fingerprint density at radius 1 is 0.426 bits per heavy atom. The molecule has 11 rings (SSSR count). The first-order valence-corrected chi connectivity index (χ1v) is 19.1. The van der Waals surface area contributed by atoms with Gasteiger partial charge in [0.2, 0.25) is 0 Å². The first-order chi connectivity index (χ1) is 26.6. The van der Waals surface area contributed by atoms with E-state index in [0.717, 1.165) is 0 Å². The molecule has 1 atom stereocenters. The number of fused-ring (bicyclic) bond motifs is 8. The van der Waals surface area contributed by atoms with E-state index in [4.69, 9.17) is 0 Å². The topological polar surface area (TPSA) is 0 Å². The average Bonchev–Trinajstić information content (AvgIpc) is 3.72. The molecule has 0 N–H and O–H groups in total. The summed E-state index contributed by atoms with van der Waals surface area (Å²) < 4.78 is 0. The summed E-state index contributed by atoms with van der Waals surface area (Å²) in [5, 5.41) is 7.78. The van der Waals surface area contributed by atoms with Crippen LogP contribution in [0.4, 0.5) is 0 Å². The maximum atomic E-state index is 2.47. The van der Waals surface area contributed by atoms with E-state index in [9.17, 15) is 0 Å². The van der Waals surface area contributed by atoms with E-state index < -0.39 is 0 Å². The molecule has 0 saturated carbocycles. The average molecular weight is 687 g/mol. The smallest absolute Gasteiger partial charge is 0.0352 e. The standard InChI is InChI=1S/C54H38/c1-54(2)49-31-29-39(33-48(49)46-30-28-35-16-6-9-19-41(35)53(46)54)52-44-22-12-10-20-42(44)51(43-21-11-13-23-45(43)52)37-26-24-36(25-27-37)50-40-18-8-7-17-38(40)32-47(50)34-14-4-3-5-15-34/h3-33,50H,1-2H3. The SMILES string of the molecule is CC1(C)c2ccc(-c3c4ccccc4c(-c4ccc(C5C(c6ccccc6)=Cc6ccccc65)cc4)c4ccccc34)cc2-c2ccc3ccccc3c21. The van der Waals surface area contributed by atoms with E-state index in [1.165, 1.54) is 105 Å². The minimum atomic E-state index is -0.0809. The fourth-order valence-electron chi connectivity index (χ4n) is 9.93. The van der Waals surface area contributed by atoms with E-state index in [1.54, 1.807) is 0 Å². The van der Waals surface area contributed by atoms with Gasteiger partial charge < -0.3 is 0 Å². The molecule has 54 heavy (non-hydrogen) atoms. The van der Waals surface area contributed by atoms with Gasteiger partial charge in [-0.3, -0.25) is 0 Å². The van der Waals surface area contributed by atoms with Gasteiger partial charge in [-0.05, 0) is 117 Å². The van der Waals surface area contributed by atoms with Crippen molar-refractivity contribution in [2.75, 3.05) is 0 Å². The van der Waals surface area contributed by atoms with Gasteiger partial charge in [0.25, 0.3) is 0 Å². The monoisotopic (exact) mass is 686 g/mol. The molecule has 0 saturated heterocycles. The molecular formula is C54H38. The highest BCUT2D eigenvalue weighted by atomic mass is 14.4. The van der Waals surface area contributed by atoms with Crippen LogP contribution in [0.15, 0.2) is 182 Å². The van der Waals surface area contributed by atoms with E-state index >= 15 is 0 Å². The van der Waals surface area contributed by atoms with Gasteiger partial charge in [0.05, 0.1) is 0 Å². The minimum Gasteiger partial charge on any atom is -0.0622 e. The largest absolute Gasteiger partial charge is 0.0622 e. The first kappa shape index (κ1) is 31.1. The van der Waals surface area contributed by atoms with Crippen molar-refractivity contribution in [1.29, 1.82) is 0 Å². The molecule has 0 radical (unpaired) electrons. The van der Waals surface area contributed by atoms with Crippen LogP contribution < -0.4 is 0 Å². The summed E-state index contributed by atoms with van der Waals surface area (Å²) in [7, 11) is 0. The molecule has 2 aliphatic rings. The lowest BCUT2D eigenvalue weighted by atomic mass is 9.79. The normalized spacial score (nSPS) is 15.3. The maximum Gasteiger partial charge on any atom is 0.0352 e. The second-order valence-electron chi connectivity index (χ2n) is 15.6. The first-order valence-electron chi connectivity index (χ1n) is 19.1. The van der Waals surface area contributed by atoms with E-state index in [0.29, 0.717) is 0 Å². The Bertz CT molecular complexity index is 2940. The van der Waals surface area contributed by atoms with Crippen LogP contribution in [0.3, 0.4) is 0 Å². The Hall–Kier alpha value is -6.50. The van der Waals surface area contributed by atoms with Crippen LogP contribution in [0.2, 0.25) is 0 Å². The molecule has 2 aliphatic carbocycles. The van der Waals surface area contributed by atoms with Crippen molar-refractivity contribution >= 4 is 44.0 Å². The molecule has 0 amide bonds. The maximum absolute atomic E-state index is 2.47. The zero-order chi connectivity index (χ0) is 36.0. The summed E-state index contributed by atoms with van der Waals surface area (Å²) in [5.41, 5.74) is 17.2. The van der Waals surface area contributed by atoms with Crippen LogP contribution in [-0.2, 0) is 5.41 Å². The van der Waals surface area contributed by atoms with Crippen molar-refractivity contribution in [3.8, 4) is 33.4 Å². The van der Waals surface area contributed by atoms with E-state index in [1.807, 2.05) is 0 Å². The Kier molecular flexibility index (Phi) is 6.76. The third kappa shape index (κ3) is 4.50. The van der Waals surface area contributed by atoms with Crippen molar-refractivity contribution in [3.63, 3.8) is 0 Å². The van der Waals surface area contributed by atoms with Gasteiger partial charge in [-0.15, -0.1) is 0 Å². The second-order valence-corrected chi connectivity index (χ2v) is 15.6. The van der Waals surface area contributed by atoms with Gasteiger partial charge in [-0.1, -0.05) is 190 Å². The highest BCUT2D eigenvalue weighted by Crippen LogP contribution is 2.53. The van der Waals surface area contributed by atoms with E-state index in [-0.39, 0.29) is 11.3 Å². The predicted octanol–water partition coefficient (Wildman–Crippen LogP) is 14.5. The van der Waals surface area contributed by atoms with Gasteiger partial charge in [-0.2, -0.15) is 0 Å². The molecule has 9 aromatic rings. The lowest BCUT2D eigenvalue weighted by Gasteiger charge is -2.23. The molecule has 0 heterocycles. The van der Waals surface area contributed by atoms with Gasteiger partial charge in [0.1, 0.15) is 0 Å². The summed E-state index contributed by atoms with van der Waals surface area (Å²) in [4.78, 5) is 0. The van der Waals surface area contributed by atoms with Crippen LogP contribution in [0, 0.1) is 0 Å². The molecule has 0 aromatic heterocycles. The van der Waals surface area contributed by atoms with Gasteiger partial charge in [0, 0.05) is 11.3 Å². The molecule has 0 heteroatoms. The third-order valence-corrected chi connectivity index (χ3v) is 12.3. The van der Waals surface area contributed by atoms with Crippen LogP contribution in [0.5, 0.6) is 0 Å². The quantitative estimate of drug-likeness (QED) is 0.162. The lowest BCUT2D eigenvalue weighted by molar-refractivity contribution is 0.666. The molecule has 0 aliphatic heterocycles. The Morgan fingerprint density at radius 2 is 1.00 bits per heavy atom. The number of hydrogen-bond acceptors (Lipinski definition) is 0. The summed E-state index contributed by atoms with van der Waals surface area (Å²) >= 11 is 0. The summed E-state index contributed by atoms with van der Waals surface area (Å²) in [6.07, 6.45) is 2.38.